The van der Waals surface area contributed by atoms with Crippen molar-refractivity contribution >= 4 is 10.9 Å². The maximum Gasteiger partial charge on any atom is 0.119 e. The molecule has 2 heterocycles. The van der Waals surface area contributed by atoms with E-state index in [1.165, 1.54) is 22.2 Å². The molecule has 3 aromatic rings. The molecule has 0 bridgehead atoms. The van der Waals surface area contributed by atoms with Crippen LogP contribution in [0.1, 0.15) is 35.2 Å². The van der Waals surface area contributed by atoms with Crippen LogP contribution < -0.4 is 4.74 Å². The number of hydrogen-bond acceptors (Lipinski definition) is 3. The van der Waals surface area contributed by atoms with Gasteiger partial charge in [-0.1, -0.05) is 29.8 Å². The first-order chi connectivity index (χ1) is 13.0. The van der Waals surface area contributed by atoms with E-state index in [-0.39, 0.29) is 0 Å². The van der Waals surface area contributed by atoms with Crippen LogP contribution in [0.5, 0.6) is 5.75 Å². The Labute approximate surface area is 160 Å². The SMILES string of the molecule is COc1ccc2[nH]c(CN3CCC(O)(c4cccc(C)c4)CC3)c(C)c2c1. The molecule has 0 saturated carbocycles. The summed E-state index contributed by atoms with van der Waals surface area (Å²) in [5.74, 6) is 0.886. The molecule has 4 rings (SSSR count). The number of nitrogens with zero attached hydrogens (tertiary/aromatic N) is 1. The van der Waals surface area contributed by atoms with Crippen molar-refractivity contribution in [3.8, 4) is 5.75 Å². The van der Waals surface area contributed by atoms with Gasteiger partial charge >= 0.3 is 0 Å². The van der Waals surface area contributed by atoms with Crippen molar-refractivity contribution in [3.05, 3.63) is 64.8 Å². The number of methoxy groups -OCH3 is 1. The highest BCUT2D eigenvalue weighted by Crippen LogP contribution is 2.34. The van der Waals surface area contributed by atoms with E-state index >= 15 is 0 Å². The van der Waals surface area contributed by atoms with Crippen molar-refractivity contribution in [2.24, 2.45) is 0 Å². The fourth-order valence-corrected chi connectivity index (χ4v) is 4.17. The normalized spacial score (nSPS) is 17.3. The summed E-state index contributed by atoms with van der Waals surface area (Å²) in [5, 5.41) is 12.3. The molecule has 4 heteroatoms. The zero-order chi connectivity index (χ0) is 19.0. The van der Waals surface area contributed by atoms with Gasteiger partial charge in [-0.15, -0.1) is 0 Å². The van der Waals surface area contributed by atoms with E-state index in [0.29, 0.717) is 0 Å². The maximum atomic E-state index is 11.1. The second-order valence-electron chi connectivity index (χ2n) is 7.82. The van der Waals surface area contributed by atoms with E-state index in [4.69, 9.17) is 4.74 Å². The Balaban J connectivity index is 1.48. The average molecular weight is 364 g/mol. The molecular weight excluding hydrogens is 336 g/mol. The van der Waals surface area contributed by atoms with E-state index in [9.17, 15) is 5.11 Å². The van der Waals surface area contributed by atoms with Crippen molar-refractivity contribution in [1.29, 1.82) is 0 Å². The van der Waals surface area contributed by atoms with Gasteiger partial charge in [0.2, 0.25) is 0 Å². The number of fused-ring (bicyclic) bond motifs is 1. The fraction of sp³-hybridized carbons (Fsp3) is 0.391. The predicted molar refractivity (Wildman–Crippen MR) is 109 cm³/mol. The molecule has 2 aromatic carbocycles. The van der Waals surface area contributed by atoms with Gasteiger partial charge in [-0.3, -0.25) is 4.90 Å². The largest absolute Gasteiger partial charge is 0.497 e. The summed E-state index contributed by atoms with van der Waals surface area (Å²) in [4.78, 5) is 5.99. The zero-order valence-electron chi connectivity index (χ0n) is 16.4. The Morgan fingerprint density at radius 1 is 1.11 bits per heavy atom. The van der Waals surface area contributed by atoms with Gasteiger partial charge in [0.05, 0.1) is 12.7 Å². The molecule has 1 aliphatic heterocycles. The molecule has 1 aliphatic rings. The molecule has 2 N–H and O–H groups in total. The summed E-state index contributed by atoms with van der Waals surface area (Å²) in [6.07, 6.45) is 1.53. The number of aromatic nitrogens is 1. The molecule has 27 heavy (non-hydrogen) atoms. The van der Waals surface area contributed by atoms with Gasteiger partial charge in [0.1, 0.15) is 5.75 Å². The first-order valence-electron chi connectivity index (χ1n) is 9.65. The number of hydrogen-bond donors (Lipinski definition) is 2. The number of aryl methyl sites for hydroxylation is 2. The molecule has 1 fully saturated rings. The van der Waals surface area contributed by atoms with E-state index in [1.807, 2.05) is 12.1 Å². The van der Waals surface area contributed by atoms with Crippen molar-refractivity contribution in [3.63, 3.8) is 0 Å². The summed E-state index contributed by atoms with van der Waals surface area (Å²) < 4.78 is 5.36. The second kappa shape index (κ2) is 7.02. The Bertz CT molecular complexity index is 952. The van der Waals surface area contributed by atoms with Crippen LogP contribution in [0.25, 0.3) is 10.9 Å². The zero-order valence-corrected chi connectivity index (χ0v) is 16.4. The molecule has 0 amide bonds. The third kappa shape index (κ3) is 3.47. The highest BCUT2D eigenvalue weighted by atomic mass is 16.5. The summed E-state index contributed by atoms with van der Waals surface area (Å²) in [6.45, 7) is 6.91. The van der Waals surface area contributed by atoms with Crippen LogP contribution in [0.4, 0.5) is 0 Å². The summed E-state index contributed by atoms with van der Waals surface area (Å²) in [5.41, 5.74) is 5.23. The van der Waals surface area contributed by atoms with Crippen LogP contribution in [0.15, 0.2) is 42.5 Å². The number of rotatable bonds is 4. The minimum Gasteiger partial charge on any atom is -0.497 e. The highest BCUT2D eigenvalue weighted by molar-refractivity contribution is 5.85. The van der Waals surface area contributed by atoms with Gasteiger partial charge in [-0.05, 0) is 56.0 Å². The third-order valence-electron chi connectivity index (χ3n) is 5.99. The molecule has 1 aromatic heterocycles. The van der Waals surface area contributed by atoms with Crippen molar-refractivity contribution in [2.45, 2.75) is 38.8 Å². The van der Waals surface area contributed by atoms with Crippen LogP contribution in [0, 0.1) is 13.8 Å². The molecule has 0 unspecified atom stereocenters. The molecule has 4 nitrogen and oxygen atoms in total. The first-order valence-corrected chi connectivity index (χ1v) is 9.65. The van der Waals surface area contributed by atoms with Crippen molar-refractivity contribution < 1.29 is 9.84 Å². The highest BCUT2D eigenvalue weighted by Gasteiger charge is 2.34. The lowest BCUT2D eigenvalue weighted by Gasteiger charge is -2.38. The van der Waals surface area contributed by atoms with Gasteiger partial charge in [-0.2, -0.15) is 0 Å². The van der Waals surface area contributed by atoms with Gasteiger partial charge in [-0.25, -0.2) is 0 Å². The summed E-state index contributed by atoms with van der Waals surface area (Å²) in [7, 11) is 1.70. The van der Waals surface area contributed by atoms with Crippen LogP contribution in [-0.2, 0) is 12.1 Å². The smallest absolute Gasteiger partial charge is 0.119 e. The number of nitrogens with one attached hydrogen (secondary N) is 1. The lowest BCUT2D eigenvalue weighted by molar-refractivity contribution is -0.0280. The van der Waals surface area contributed by atoms with Crippen molar-refractivity contribution in [1.82, 2.24) is 9.88 Å². The minimum absolute atomic E-state index is 0.703. The monoisotopic (exact) mass is 364 g/mol. The number of likely N-dealkylation sites (tertiary alicyclic amines) is 1. The number of aliphatic hydroxyl groups is 1. The van der Waals surface area contributed by atoms with Crippen LogP contribution in [0.2, 0.25) is 0 Å². The van der Waals surface area contributed by atoms with Crippen molar-refractivity contribution in [2.75, 3.05) is 20.2 Å². The second-order valence-corrected chi connectivity index (χ2v) is 7.82. The molecule has 142 valence electrons. The number of benzene rings is 2. The van der Waals surface area contributed by atoms with E-state index < -0.39 is 5.60 Å². The molecule has 0 spiro atoms. The molecule has 0 atom stereocenters. The molecule has 1 saturated heterocycles. The lowest BCUT2D eigenvalue weighted by atomic mass is 9.84. The maximum absolute atomic E-state index is 11.1. The average Bonchev–Trinajstić information content (AvgIpc) is 2.99. The Hall–Kier alpha value is -2.30. The van der Waals surface area contributed by atoms with Crippen LogP contribution >= 0.6 is 0 Å². The summed E-state index contributed by atoms with van der Waals surface area (Å²) in [6, 6.07) is 14.5. The Morgan fingerprint density at radius 2 is 1.89 bits per heavy atom. The Kier molecular flexibility index (Phi) is 4.70. The van der Waals surface area contributed by atoms with Gasteiger partial charge in [0.15, 0.2) is 0 Å². The Morgan fingerprint density at radius 3 is 2.59 bits per heavy atom. The number of aromatic amines is 1. The molecule has 0 aliphatic carbocycles. The minimum atomic E-state index is -0.703. The van der Waals surface area contributed by atoms with Crippen LogP contribution in [-0.4, -0.2) is 35.2 Å². The topological polar surface area (TPSA) is 48.5 Å². The molecule has 0 radical (unpaired) electrons. The number of ether oxygens (including phenoxy) is 1. The fourth-order valence-electron chi connectivity index (χ4n) is 4.17. The third-order valence-corrected chi connectivity index (χ3v) is 5.99. The van der Waals surface area contributed by atoms with Gasteiger partial charge in [0, 0.05) is 36.2 Å². The van der Waals surface area contributed by atoms with E-state index in [0.717, 1.165) is 49.3 Å². The van der Waals surface area contributed by atoms with Gasteiger partial charge < -0.3 is 14.8 Å². The van der Waals surface area contributed by atoms with E-state index in [1.54, 1.807) is 7.11 Å². The number of piperidine rings is 1. The van der Waals surface area contributed by atoms with E-state index in [2.05, 4.69) is 54.1 Å². The standard InChI is InChI=1S/C23H28N2O2/c1-16-5-4-6-18(13-16)23(26)9-11-25(12-10-23)15-22-17(2)20-14-19(27-3)7-8-21(20)24-22/h4-8,13-14,24,26H,9-12,15H2,1-3H3. The van der Waals surface area contributed by atoms with Crippen LogP contribution in [0.3, 0.4) is 0 Å². The summed E-state index contributed by atoms with van der Waals surface area (Å²) >= 11 is 0. The predicted octanol–water partition coefficient (Wildman–Crippen LogP) is 4.28. The lowest BCUT2D eigenvalue weighted by Crippen LogP contribution is -2.42. The number of H-pyrrole nitrogens is 1. The molecular formula is C23H28N2O2. The first kappa shape index (κ1) is 18.1. The van der Waals surface area contributed by atoms with Gasteiger partial charge in [0.25, 0.3) is 0 Å². The quantitative estimate of drug-likeness (QED) is 0.726.